The van der Waals surface area contributed by atoms with Crippen LogP contribution in [0.15, 0.2) is 0 Å². The van der Waals surface area contributed by atoms with E-state index in [9.17, 15) is 14.4 Å². The zero-order valence-corrected chi connectivity index (χ0v) is 11.8. The van der Waals surface area contributed by atoms with Gasteiger partial charge in [-0.2, -0.15) is 0 Å². The van der Waals surface area contributed by atoms with Gasteiger partial charge in [-0.25, -0.2) is 9.59 Å². The molecule has 3 N–H and O–H groups in total. The van der Waals surface area contributed by atoms with E-state index in [2.05, 4.69) is 19.2 Å². The number of nitrogens with zero attached hydrogens (tertiary/aromatic N) is 1. The molecule has 0 radical (unpaired) electrons. The second-order valence-corrected chi connectivity index (χ2v) is 5.46. The molecule has 0 aromatic rings. The molecule has 7 heteroatoms. The Labute approximate surface area is 117 Å². The number of carbonyl (C=O) groups is 3. The number of likely N-dealkylation sites (tertiary alicyclic amines) is 1. The third kappa shape index (κ3) is 4.71. The highest BCUT2D eigenvalue weighted by Gasteiger charge is 2.28. The summed E-state index contributed by atoms with van der Waals surface area (Å²) in [4.78, 5) is 35.1. The van der Waals surface area contributed by atoms with Gasteiger partial charge in [0, 0.05) is 19.5 Å². The van der Waals surface area contributed by atoms with Crippen LogP contribution in [0.5, 0.6) is 0 Å². The Bertz CT molecular complexity index is 385. The Morgan fingerprint density at radius 3 is 2.40 bits per heavy atom. The van der Waals surface area contributed by atoms with Gasteiger partial charge in [-0.15, -0.1) is 0 Å². The molecular formula is C13H22N2O5. The second kappa shape index (κ2) is 7.12. The molecular weight excluding hydrogens is 264 g/mol. The lowest BCUT2D eigenvalue weighted by molar-refractivity contribution is -0.140. The highest BCUT2D eigenvalue weighted by Crippen LogP contribution is 2.22. The SMILES string of the molecule is CC1CCN(C(=O)NC(CCC(=O)O)C(=O)O)CC1C. The highest BCUT2D eigenvalue weighted by atomic mass is 16.4. The van der Waals surface area contributed by atoms with Gasteiger partial charge >= 0.3 is 18.0 Å². The topological polar surface area (TPSA) is 107 Å². The standard InChI is InChI=1S/C13H22N2O5/c1-8-5-6-15(7-9(8)2)13(20)14-10(12(18)19)3-4-11(16)17/h8-10H,3-7H2,1-2H3,(H,14,20)(H,16,17)(H,18,19). The number of urea groups is 1. The van der Waals surface area contributed by atoms with Gasteiger partial charge in [-0.3, -0.25) is 4.79 Å². The van der Waals surface area contributed by atoms with Crippen molar-refractivity contribution in [1.82, 2.24) is 10.2 Å². The van der Waals surface area contributed by atoms with Crippen molar-refractivity contribution in [3.63, 3.8) is 0 Å². The van der Waals surface area contributed by atoms with Crippen LogP contribution >= 0.6 is 0 Å². The predicted molar refractivity (Wildman–Crippen MR) is 71.3 cm³/mol. The zero-order valence-electron chi connectivity index (χ0n) is 11.8. The highest BCUT2D eigenvalue weighted by molar-refractivity contribution is 5.83. The van der Waals surface area contributed by atoms with Crippen molar-refractivity contribution in [2.24, 2.45) is 11.8 Å². The summed E-state index contributed by atoms with van der Waals surface area (Å²) in [5.41, 5.74) is 0. The average molecular weight is 286 g/mol. The summed E-state index contributed by atoms with van der Waals surface area (Å²) in [5.74, 6) is -1.37. The molecule has 1 aliphatic heterocycles. The maximum absolute atomic E-state index is 12.0. The monoisotopic (exact) mass is 286 g/mol. The van der Waals surface area contributed by atoms with Crippen LogP contribution in [0.3, 0.4) is 0 Å². The molecule has 0 aromatic carbocycles. The number of piperidine rings is 1. The van der Waals surface area contributed by atoms with E-state index in [1.165, 1.54) is 0 Å². The molecule has 7 nitrogen and oxygen atoms in total. The van der Waals surface area contributed by atoms with E-state index in [-0.39, 0.29) is 12.8 Å². The third-order valence-corrected chi connectivity index (χ3v) is 3.86. The van der Waals surface area contributed by atoms with Crippen molar-refractivity contribution in [3.05, 3.63) is 0 Å². The second-order valence-electron chi connectivity index (χ2n) is 5.46. The van der Waals surface area contributed by atoms with Crippen molar-refractivity contribution in [3.8, 4) is 0 Å². The van der Waals surface area contributed by atoms with Crippen LogP contribution in [-0.2, 0) is 9.59 Å². The summed E-state index contributed by atoms with van der Waals surface area (Å²) in [7, 11) is 0. The van der Waals surface area contributed by atoms with Gasteiger partial charge in [0.2, 0.25) is 0 Å². The quantitative estimate of drug-likeness (QED) is 0.698. The van der Waals surface area contributed by atoms with Gasteiger partial charge in [0.1, 0.15) is 6.04 Å². The molecule has 2 amide bonds. The van der Waals surface area contributed by atoms with Crippen molar-refractivity contribution in [2.45, 2.75) is 39.2 Å². The lowest BCUT2D eigenvalue weighted by atomic mass is 9.89. The molecule has 1 fully saturated rings. The number of carboxylic acids is 2. The molecule has 0 spiro atoms. The number of carboxylic acid groups (broad SMARTS) is 2. The number of hydrogen-bond acceptors (Lipinski definition) is 3. The van der Waals surface area contributed by atoms with Crippen LogP contribution in [0.25, 0.3) is 0 Å². The smallest absolute Gasteiger partial charge is 0.326 e. The summed E-state index contributed by atoms with van der Waals surface area (Å²) < 4.78 is 0. The normalized spacial score (nSPS) is 24.0. The molecule has 1 heterocycles. The van der Waals surface area contributed by atoms with Crippen molar-refractivity contribution < 1.29 is 24.6 Å². The Kier molecular flexibility index (Phi) is 5.79. The molecule has 20 heavy (non-hydrogen) atoms. The van der Waals surface area contributed by atoms with Gasteiger partial charge in [-0.05, 0) is 24.7 Å². The lowest BCUT2D eigenvalue weighted by Crippen LogP contribution is -2.51. The summed E-state index contributed by atoms with van der Waals surface area (Å²) in [6.45, 7) is 5.39. The zero-order chi connectivity index (χ0) is 15.3. The first-order chi connectivity index (χ1) is 9.31. The fourth-order valence-corrected chi connectivity index (χ4v) is 2.21. The average Bonchev–Trinajstić information content (AvgIpc) is 2.36. The van der Waals surface area contributed by atoms with Crippen LogP contribution in [0, 0.1) is 11.8 Å². The van der Waals surface area contributed by atoms with Crippen LogP contribution < -0.4 is 5.32 Å². The van der Waals surface area contributed by atoms with E-state index in [0.717, 1.165) is 6.42 Å². The summed E-state index contributed by atoms with van der Waals surface area (Å²) in [6.07, 6.45) is 0.488. The Hall–Kier alpha value is -1.79. The van der Waals surface area contributed by atoms with Gasteiger partial charge in [0.25, 0.3) is 0 Å². The molecule has 0 aliphatic carbocycles. The van der Waals surface area contributed by atoms with E-state index >= 15 is 0 Å². The van der Waals surface area contributed by atoms with Crippen LogP contribution in [0.2, 0.25) is 0 Å². The van der Waals surface area contributed by atoms with Crippen LogP contribution in [-0.4, -0.2) is 52.2 Å². The number of nitrogens with one attached hydrogen (secondary N) is 1. The molecule has 3 atom stereocenters. The van der Waals surface area contributed by atoms with E-state index in [4.69, 9.17) is 10.2 Å². The molecule has 1 rings (SSSR count). The molecule has 114 valence electrons. The van der Waals surface area contributed by atoms with Crippen molar-refractivity contribution in [2.75, 3.05) is 13.1 Å². The number of aliphatic carboxylic acids is 2. The minimum Gasteiger partial charge on any atom is -0.481 e. The number of rotatable bonds is 5. The number of amides is 2. The Balaban J connectivity index is 2.53. The minimum absolute atomic E-state index is 0.115. The van der Waals surface area contributed by atoms with E-state index in [1.807, 2.05) is 0 Å². The molecule has 3 unspecified atom stereocenters. The molecule has 1 aliphatic rings. The third-order valence-electron chi connectivity index (χ3n) is 3.86. The maximum Gasteiger partial charge on any atom is 0.326 e. The first-order valence-corrected chi connectivity index (χ1v) is 6.81. The number of carbonyl (C=O) groups excluding carboxylic acids is 1. The van der Waals surface area contributed by atoms with E-state index in [0.29, 0.717) is 24.9 Å². The molecule has 0 saturated carbocycles. The van der Waals surface area contributed by atoms with E-state index < -0.39 is 24.0 Å². The van der Waals surface area contributed by atoms with Gasteiger partial charge in [0.15, 0.2) is 0 Å². The molecule has 1 saturated heterocycles. The Morgan fingerprint density at radius 1 is 1.25 bits per heavy atom. The lowest BCUT2D eigenvalue weighted by Gasteiger charge is -2.35. The largest absolute Gasteiger partial charge is 0.481 e. The fraction of sp³-hybridized carbons (Fsp3) is 0.769. The Morgan fingerprint density at radius 2 is 1.90 bits per heavy atom. The molecule has 0 aromatic heterocycles. The summed E-state index contributed by atoms with van der Waals surface area (Å²) >= 11 is 0. The van der Waals surface area contributed by atoms with Crippen molar-refractivity contribution in [1.29, 1.82) is 0 Å². The van der Waals surface area contributed by atoms with E-state index in [1.54, 1.807) is 4.90 Å². The molecule has 0 bridgehead atoms. The first kappa shape index (κ1) is 16.3. The van der Waals surface area contributed by atoms with Crippen LogP contribution in [0.4, 0.5) is 4.79 Å². The van der Waals surface area contributed by atoms with Crippen LogP contribution in [0.1, 0.15) is 33.1 Å². The fourth-order valence-electron chi connectivity index (χ4n) is 2.21. The minimum atomic E-state index is -1.21. The van der Waals surface area contributed by atoms with Gasteiger partial charge < -0.3 is 20.4 Å². The first-order valence-electron chi connectivity index (χ1n) is 6.81. The van der Waals surface area contributed by atoms with Gasteiger partial charge in [0.05, 0.1) is 0 Å². The maximum atomic E-state index is 12.0. The number of hydrogen-bond donors (Lipinski definition) is 3. The van der Waals surface area contributed by atoms with Crippen molar-refractivity contribution >= 4 is 18.0 Å². The predicted octanol–water partition coefficient (Wildman–Crippen LogP) is 0.992. The summed E-state index contributed by atoms with van der Waals surface area (Å²) in [6, 6.07) is -1.59. The summed E-state index contributed by atoms with van der Waals surface area (Å²) in [5, 5.41) is 20.0. The van der Waals surface area contributed by atoms with Gasteiger partial charge in [-0.1, -0.05) is 13.8 Å².